The Kier molecular flexibility index (Phi) is 6.51. The molecule has 4 heteroatoms. The number of hydrogen-bond donors (Lipinski definition) is 0. The van der Waals surface area contributed by atoms with Gasteiger partial charge in [-0.05, 0) is 50.7 Å². The Balaban J connectivity index is 1.12. The van der Waals surface area contributed by atoms with E-state index < -0.39 is 0 Å². The van der Waals surface area contributed by atoms with Crippen LogP contribution in [-0.4, -0.2) is 27.2 Å². The van der Waals surface area contributed by atoms with Crippen LogP contribution in [0, 0.1) is 0 Å². The standard InChI is InChI=1S/C44H32N4/c1-44(2)38-20-12-11-17-34(38)37-27-45-40(36-19-10-9-18-35(36)39(37)44)32-23-21-31-26-33(24-22-30(31)25-32)43-47-41(28-13-5-3-6-14-28)46-42(48-43)29-15-7-4-8-16-29/h3-26H,27H2,1-2H3. The molecule has 0 atom stereocenters. The summed E-state index contributed by atoms with van der Waals surface area (Å²) in [6, 6.07) is 50.9. The molecule has 0 spiro atoms. The highest BCUT2D eigenvalue weighted by molar-refractivity contribution is 6.20. The summed E-state index contributed by atoms with van der Waals surface area (Å²) in [5.41, 5.74) is 12.8. The average Bonchev–Trinajstić information content (AvgIpc) is 3.25. The van der Waals surface area contributed by atoms with E-state index in [1.807, 2.05) is 60.7 Å². The van der Waals surface area contributed by atoms with Crippen LogP contribution >= 0.6 is 0 Å². The van der Waals surface area contributed by atoms with Gasteiger partial charge in [-0.1, -0.05) is 147 Å². The van der Waals surface area contributed by atoms with E-state index in [-0.39, 0.29) is 5.41 Å². The third-order valence-electron chi connectivity index (χ3n) is 9.77. The minimum Gasteiger partial charge on any atom is -0.279 e. The van der Waals surface area contributed by atoms with Gasteiger partial charge in [-0.2, -0.15) is 0 Å². The number of hydrogen-bond acceptors (Lipinski definition) is 4. The zero-order valence-corrected chi connectivity index (χ0v) is 26.9. The fourth-order valence-corrected chi connectivity index (χ4v) is 7.47. The van der Waals surface area contributed by atoms with Crippen LogP contribution in [0.25, 0.3) is 56.1 Å². The molecule has 48 heavy (non-hydrogen) atoms. The van der Waals surface area contributed by atoms with Gasteiger partial charge in [-0.15, -0.1) is 0 Å². The van der Waals surface area contributed by atoms with Crippen molar-refractivity contribution in [1.29, 1.82) is 0 Å². The van der Waals surface area contributed by atoms with E-state index in [1.165, 1.54) is 33.4 Å². The Hall–Kier alpha value is -6.00. The summed E-state index contributed by atoms with van der Waals surface area (Å²) in [6.07, 6.45) is 0. The van der Waals surface area contributed by atoms with Crippen LogP contribution in [0.5, 0.6) is 0 Å². The molecule has 0 fully saturated rings. The Bertz CT molecular complexity index is 2380. The summed E-state index contributed by atoms with van der Waals surface area (Å²) in [5.74, 6) is 1.97. The monoisotopic (exact) mass is 616 g/mol. The Morgan fingerprint density at radius 2 is 0.958 bits per heavy atom. The van der Waals surface area contributed by atoms with Crippen molar-refractivity contribution < 1.29 is 0 Å². The zero-order valence-electron chi connectivity index (χ0n) is 26.9. The molecule has 9 rings (SSSR count). The fraction of sp³-hybridized carbons (Fsp3) is 0.0909. The Morgan fingerprint density at radius 3 is 1.60 bits per heavy atom. The van der Waals surface area contributed by atoms with Gasteiger partial charge in [-0.25, -0.2) is 15.0 Å². The van der Waals surface area contributed by atoms with Crippen molar-refractivity contribution in [1.82, 2.24) is 15.0 Å². The lowest BCUT2D eigenvalue weighted by Crippen LogP contribution is -2.18. The summed E-state index contributed by atoms with van der Waals surface area (Å²) in [4.78, 5) is 20.1. The molecule has 0 radical (unpaired) electrons. The second kappa shape index (κ2) is 11.1. The number of aromatic nitrogens is 3. The highest BCUT2D eigenvalue weighted by atomic mass is 15.0. The predicted molar refractivity (Wildman–Crippen MR) is 197 cm³/mol. The number of allylic oxidation sites excluding steroid dienone is 1. The molecule has 0 N–H and O–H groups in total. The van der Waals surface area contributed by atoms with Crippen LogP contribution in [-0.2, 0) is 5.41 Å². The maximum atomic E-state index is 5.32. The van der Waals surface area contributed by atoms with Crippen molar-refractivity contribution in [3.63, 3.8) is 0 Å². The first-order valence-corrected chi connectivity index (χ1v) is 16.4. The number of nitrogens with zero attached hydrogens (tertiary/aromatic N) is 4. The van der Waals surface area contributed by atoms with Gasteiger partial charge < -0.3 is 0 Å². The maximum Gasteiger partial charge on any atom is 0.164 e. The molecule has 2 heterocycles. The van der Waals surface area contributed by atoms with Crippen molar-refractivity contribution in [3.05, 3.63) is 173 Å². The maximum absolute atomic E-state index is 5.32. The first kappa shape index (κ1) is 28.2. The summed E-state index contributed by atoms with van der Waals surface area (Å²) in [5, 5.41) is 2.27. The lowest BCUT2D eigenvalue weighted by atomic mass is 9.76. The number of aliphatic imine (C=N–C) groups is 1. The summed E-state index contributed by atoms with van der Waals surface area (Å²) in [7, 11) is 0. The Morgan fingerprint density at radius 1 is 0.458 bits per heavy atom. The van der Waals surface area contributed by atoms with Crippen molar-refractivity contribution in [2.75, 3.05) is 6.54 Å². The van der Waals surface area contributed by atoms with E-state index in [1.54, 1.807) is 0 Å². The molecule has 0 amide bonds. The molecule has 0 unspecified atom stereocenters. The second-order valence-corrected chi connectivity index (χ2v) is 13.0. The SMILES string of the molecule is CC1(C)C2=C(CN=C(c3ccc4cc(-c5nc(-c6ccccc6)nc(-c6ccccc6)n5)ccc4c3)c3ccccc32)c2ccccc21. The van der Waals surface area contributed by atoms with Crippen molar-refractivity contribution >= 4 is 27.6 Å². The predicted octanol–water partition coefficient (Wildman–Crippen LogP) is 10.1. The van der Waals surface area contributed by atoms with E-state index in [0.717, 1.165) is 38.7 Å². The third-order valence-corrected chi connectivity index (χ3v) is 9.77. The van der Waals surface area contributed by atoms with Gasteiger partial charge in [0.25, 0.3) is 0 Å². The molecule has 1 aliphatic carbocycles. The van der Waals surface area contributed by atoms with E-state index in [9.17, 15) is 0 Å². The van der Waals surface area contributed by atoms with Gasteiger partial charge in [0.15, 0.2) is 17.5 Å². The van der Waals surface area contributed by atoms with Gasteiger partial charge >= 0.3 is 0 Å². The van der Waals surface area contributed by atoms with Crippen LogP contribution in [0.2, 0.25) is 0 Å². The third kappa shape index (κ3) is 4.60. The summed E-state index contributed by atoms with van der Waals surface area (Å²) >= 11 is 0. The average molecular weight is 617 g/mol. The molecular formula is C44H32N4. The highest BCUT2D eigenvalue weighted by Gasteiger charge is 2.40. The van der Waals surface area contributed by atoms with Crippen molar-refractivity contribution in [2.45, 2.75) is 19.3 Å². The second-order valence-electron chi connectivity index (χ2n) is 13.0. The topological polar surface area (TPSA) is 51.0 Å². The molecule has 1 aromatic heterocycles. The first-order chi connectivity index (χ1) is 23.5. The number of benzene rings is 6. The molecule has 1 aliphatic heterocycles. The summed E-state index contributed by atoms with van der Waals surface area (Å²) in [6.45, 7) is 5.35. The largest absolute Gasteiger partial charge is 0.279 e. The molecule has 0 bridgehead atoms. The van der Waals surface area contributed by atoms with Gasteiger partial charge in [0.1, 0.15) is 0 Å². The van der Waals surface area contributed by atoms with Gasteiger partial charge in [0.05, 0.1) is 12.3 Å². The molecule has 6 aromatic carbocycles. The van der Waals surface area contributed by atoms with Crippen LogP contribution in [0.4, 0.5) is 0 Å². The van der Waals surface area contributed by atoms with E-state index in [0.29, 0.717) is 24.0 Å². The molecule has 2 aliphatic rings. The van der Waals surface area contributed by atoms with Crippen molar-refractivity contribution in [2.24, 2.45) is 4.99 Å². The molecule has 0 saturated heterocycles. The fourth-order valence-electron chi connectivity index (χ4n) is 7.47. The normalized spacial score (nSPS) is 14.6. The van der Waals surface area contributed by atoms with Crippen LogP contribution in [0.3, 0.4) is 0 Å². The zero-order chi connectivity index (χ0) is 32.2. The Labute approximate surface area is 280 Å². The van der Waals surface area contributed by atoms with Crippen LogP contribution < -0.4 is 0 Å². The molecular weight excluding hydrogens is 585 g/mol. The van der Waals surface area contributed by atoms with Gasteiger partial charge in [0.2, 0.25) is 0 Å². The quantitative estimate of drug-likeness (QED) is 0.198. The smallest absolute Gasteiger partial charge is 0.164 e. The van der Waals surface area contributed by atoms with Crippen LogP contribution in [0.1, 0.15) is 41.7 Å². The van der Waals surface area contributed by atoms with Gasteiger partial charge in [-0.3, -0.25) is 4.99 Å². The molecule has 228 valence electrons. The lowest BCUT2D eigenvalue weighted by molar-refractivity contribution is 0.703. The molecule has 7 aromatic rings. The minimum atomic E-state index is -0.0947. The number of fused-ring (bicyclic) bond motifs is 5. The van der Waals surface area contributed by atoms with Crippen molar-refractivity contribution in [3.8, 4) is 34.2 Å². The first-order valence-electron chi connectivity index (χ1n) is 16.4. The molecule has 0 saturated carbocycles. The summed E-state index contributed by atoms with van der Waals surface area (Å²) < 4.78 is 0. The van der Waals surface area contributed by atoms with E-state index >= 15 is 0 Å². The lowest BCUT2D eigenvalue weighted by Gasteiger charge is -2.26. The minimum absolute atomic E-state index is 0.0947. The van der Waals surface area contributed by atoms with Gasteiger partial charge in [0, 0.05) is 33.2 Å². The number of rotatable bonds is 4. The molecule has 4 nitrogen and oxygen atoms in total. The van der Waals surface area contributed by atoms with Crippen LogP contribution in [0.15, 0.2) is 151 Å². The highest BCUT2D eigenvalue weighted by Crippen LogP contribution is 2.52. The van der Waals surface area contributed by atoms with E-state index in [4.69, 9.17) is 19.9 Å². The van der Waals surface area contributed by atoms with E-state index in [2.05, 4.69) is 98.8 Å².